The highest BCUT2D eigenvalue weighted by Gasteiger charge is 2.31. The Morgan fingerprint density at radius 2 is 1.89 bits per heavy atom. The minimum atomic E-state index is -0.479. The highest BCUT2D eigenvalue weighted by Crippen LogP contribution is 2.24. The van der Waals surface area contributed by atoms with Gasteiger partial charge in [0.15, 0.2) is 0 Å². The molecule has 3 rings (SSSR count). The molecule has 28 heavy (non-hydrogen) atoms. The predicted octanol–water partition coefficient (Wildman–Crippen LogP) is 3.16. The lowest BCUT2D eigenvalue weighted by Crippen LogP contribution is -2.38. The van der Waals surface area contributed by atoms with E-state index in [9.17, 15) is 9.18 Å². The highest BCUT2D eigenvalue weighted by molar-refractivity contribution is 5.85. The summed E-state index contributed by atoms with van der Waals surface area (Å²) in [6.45, 7) is 0.418. The van der Waals surface area contributed by atoms with Crippen LogP contribution in [0.4, 0.5) is 4.39 Å². The van der Waals surface area contributed by atoms with Crippen LogP contribution < -0.4 is 15.8 Å². The molecule has 0 aromatic heterocycles. The molecule has 152 valence electrons. The van der Waals surface area contributed by atoms with Gasteiger partial charge in [-0.25, -0.2) is 4.39 Å². The summed E-state index contributed by atoms with van der Waals surface area (Å²) < 4.78 is 24.1. The van der Waals surface area contributed by atoms with Crippen molar-refractivity contribution in [3.8, 4) is 5.75 Å². The van der Waals surface area contributed by atoms with E-state index in [1.165, 1.54) is 12.1 Å². The number of hydrogen-bond donors (Lipinski definition) is 2. The SMILES string of the molecule is COc1ccc(C(Cc2ccc(F)cc2)NC(=O)[C@@H]2CC[C@H](CN)O2)cc1.Cl. The number of carbonyl (C=O) groups excluding carboxylic acids is 1. The van der Waals surface area contributed by atoms with Crippen molar-refractivity contribution in [1.29, 1.82) is 0 Å². The molecule has 1 aliphatic rings. The Morgan fingerprint density at radius 3 is 2.46 bits per heavy atom. The number of rotatable bonds is 7. The second kappa shape index (κ2) is 10.4. The number of benzene rings is 2. The first-order chi connectivity index (χ1) is 13.1. The number of hydrogen-bond acceptors (Lipinski definition) is 4. The van der Waals surface area contributed by atoms with E-state index in [4.69, 9.17) is 15.2 Å². The van der Waals surface area contributed by atoms with Crippen molar-refractivity contribution in [1.82, 2.24) is 5.32 Å². The molecule has 5 nitrogen and oxygen atoms in total. The van der Waals surface area contributed by atoms with Crippen LogP contribution in [0.5, 0.6) is 5.75 Å². The minimum absolute atomic E-state index is 0. The molecule has 3 N–H and O–H groups in total. The van der Waals surface area contributed by atoms with E-state index in [1.807, 2.05) is 24.3 Å². The Labute approximate surface area is 170 Å². The third-order valence-electron chi connectivity index (χ3n) is 4.85. The summed E-state index contributed by atoms with van der Waals surface area (Å²) >= 11 is 0. The van der Waals surface area contributed by atoms with E-state index in [0.717, 1.165) is 23.3 Å². The maximum Gasteiger partial charge on any atom is 0.249 e. The average molecular weight is 409 g/mol. The van der Waals surface area contributed by atoms with Gasteiger partial charge in [0, 0.05) is 6.54 Å². The van der Waals surface area contributed by atoms with E-state index < -0.39 is 6.10 Å². The first kappa shape index (κ1) is 22.1. The Bertz CT molecular complexity index is 755. The summed E-state index contributed by atoms with van der Waals surface area (Å²) in [5.41, 5.74) is 7.51. The van der Waals surface area contributed by atoms with Crippen molar-refractivity contribution >= 4 is 18.3 Å². The van der Waals surface area contributed by atoms with Gasteiger partial charge < -0.3 is 20.5 Å². The molecule has 0 bridgehead atoms. The Balaban J connectivity index is 0.00000280. The quantitative estimate of drug-likeness (QED) is 0.738. The lowest BCUT2D eigenvalue weighted by atomic mass is 9.98. The van der Waals surface area contributed by atoms with E-state index in [0.29, 0.717) is 19.4 Å². The van der Waals surface area contributed by atoms with Gasteiger partial charge >= 0.3 is 0 Å². The van der Waals surface area contributed by atoms with Crippen molar-refractivity contribution in [2.24, 2.45) is 5.73 Å². The van der Waals surface area contributed by atoms with Gasteiger partial charge in [-0.15, -0.1) is 12.4 Å². The maximum atomic E-state index is 13.2. The molecule has 1 saturated heterocycles. The molecule has 1 amide bonds. The van der Waals surface area contributed by atoms with Crippen LogP contribution in [0.3, 0.4) is 0 Å². The molecule has 0 spiro atoms. The smallest absolute Gasteiger partial charge is 0.249 e. The number of halogens is 2. The molecule has 1 heterocycles. The molecule has 3 atom stereocenters. The fourth-order valence-electron chi connectivity index (χ4n) is 3.28. The molecule has 2 aromatic carbocycles. The molecule has 0 saturated carbocycles. The summed E-state index contributed by atoms with van der Waals surface area (Å²) in [5, 5.41) is 3.08. The summed E-state index contributed by atoms with van der Waals surface area (Å²) in [4.78, 5) is 12.7. The zero-order chi connectivity index (χ0) is 19.2. The van der Waals surface area contributed by atoms with Crippen LogP contribution in [0.1, 0.15) is 30.0 Å². The average Bonchev–Trinajstić information content (AvgIpc) is 3.18. The monoisotopic (exact) mass is 408 g/mol. The van der Waals surface area contributed by atoms with E-state index in [-0.39, 0.29) is 36.3 Å². The Kier molecular flexibility index (Phi) is 8.23. The van der Waals surface area contributed by atoms with Gasteiger partial charge in [-0.05, 0) is 54.7 Å². The molecule has 0 aliphatic carbocycles. The normalized spacial score (nSPS) is 19.5. The number of ether oxygens (including phenoxy) is 2. The van der Waals surface area contributed by atoms with Crippen molar-refractivity contribution in [2.45, 2.75) is 37.5 Å². The van der Waals surface area contributed by atoms with Crippen LogP contribution in [-0.2, 0) is 16.0 Å². The largest absolute Gasteiger partial charge is 0.497 e. The van der Waals surface area contributed by atoms with Gasteiger partial charge in [-0.2, -0.15) is 0 Å². The van der Waals surface area contributed by atoms with Gasteiger partial charge in [0.25, 0.3) is 0 Å². The van der Waals surface area contributed by atoms with Gasteiger partial charge in [-0.3, -0.25) is 4.79 Å². The molecule has 0 radical (unpaired) electrons. The molecular weight excluding hydrogens is 383 g/mol. The minimum Gasteiger partial charge on any atom is -0.497 e. The molecule has 1 fully saturated rings. The van der Waals surface area contributed by atoms with Gasteiger partial charge in [0.1, 0.15) is 17.7 Å². The van der Waals surface area contributed by atoms with Crippen molar-refractivity contribution in [3.63, 3.8) is 0 Å². The molecule has 7 heteroatoms. The molecule has 1 unspecified atom stereocenters. The third kappa shape index (κ3) is 5.67. The number of nitrogens with two attached hydrogens (primary N) is 1. The second-order valence-corrected chi connectivity index (χ2v) is 6.72. The van der Waals surface area contributed by atoms with E-state index in [1.54, 1.807) is 19.2 Å². The van der Waals surface area contributed by atoms with Crippen molar-refractivity contribution in [3.05, 3.63) is 65.5 Å². The first-order valence-electron chi connectivity index (χ1n) is 9.13. The zero-order valence-electron chi connectivity index (χ0n) is 15.8. The summed E-state index contributed by atoms with van der Waals surface area (Å²) in [6, 6.07) is 13.6. The molecule has 2 aromatic rings. The lowest BCUT2D eigenvalue weighted by molar-refractivity contribution is -0.132. The standard InChI is InChI=1S/C21H25FN2O3.ClH/c1-26-17-8-4-15(5-9-17)19(12-14-2-6-16(22)7-3-14)24-21(25)20-11-10-18(13-23)27-20;/h2-9,18-20H,10-13,23H2,1H3,(H,24,25);1H/t18-,19?,20+;/m1./s1. The molecule has 1 aliphatic heterocycles. The van der Waals surface area contributed by atoms with Gasteiger partial charge in [0.2, 0.25) is 5.91 Å². The number of carbonyl (C=O) groups is 1. The number of amides is 1. The van der Waals surface area contributed by atoms with Crippen LogP contribution >= 0.6 is 12.4 Å². The van der Waals surface area contributed by atoms with E-state index in [2.05, 4.69) is 5.32 Å². The summed E-state index contributed by atoms with van der Waals surface area (Å²) in [7, 11) is 1.61. The van der Waals surface area contributed by atoms with Crippen LogP contribution in [0.2, 0.25) is 0 Å². The van der Waals surface area contributed by atoms with Gasteiger partial charge in [-0.1, -0.05) is 24.3 Å². The fourth-order valence-corrected chi connectivity index (χ4v) is 3.28. The number of methoxy groups -OCH3 is 1. The van der Waals surface area contributed by atoms with Crippen LogP contribution in [0.15, 0.2) is 48.5 Å². The number of nitrogens with one attached hydrogen (secondary N) is 1. The lowest BCUT2D eigenvalue weighted by Gasteiger charge is -2.22. The second-order valence-electron chi connectivity index (χ2n) is 6.72. The molecular formula is C21H26ClFN2O3. The zero-order valence-corrected chi connectivity index (χ0v) is 16.6. The summed E-state index contributed by atoms with van der Waals surface area (Å²) in [6.07, 6.45) is 1.47. The van der Waals surface area contributed by atoms with Crippen LogP contribution in [-0.4, -0.2) is 31.8 Å². The van der Waals surface area contributed by atoms with Crippen molar-refractivity contribution < 1.29 is 18.7 Å². The Morgan fingerprint density at radius 1 is 1.21 bits per heavy atom. The summed E-state index contributed by atoms with van der Waals surface area (Å²) in [5.74, 6) is 0.320. The third-order valence-corrected chi connectivity index (χ3v) is 4.85. The van der Waals surface area contributed by atoms with Crippen LogP contribution in [0.25, 0.3) is 0 Å². The highest BCUT2D eigenvalue weighted by atomic mass is 35.5. The maximum absolute atomic E-state index is 13.2. The predicted molar refractivity (Wildman–Crippen MR) is 108 cm³/mol. The topological polar surface area (TPSA) is 73.6 Å². The van der Waals surface area contributed by atoms with E-state index >= 15 is 0 Å². The van der Waals surface area contributed by atoms with Gasteiger partial charge in [0.05, 0.1) is 19.3 Å². The van der Waals surface area contributed by atoms with Crippen molar-refractivity contribution in [2.75, 3.05) is 13.7 Å². The van der Waals surface area contributed by atoms with Crippen LogP contribution in [0, 0.1) is 5.82 Å². The Hall–Kier alpha value is -2.15. The fraction of sp³-hybridized carbons (Fsp3) is 0.381. The first-order valence-corrected chi connectivity index (χ1v) is 9.13.